The van der Waals surface area contributed by atoms with E-state index in [-0.39, 0.29) is 0 Å². The molecule has 0 aromatic heterocycles. The van der Waals surface area contributed by atoms with E-state index in [2.05, 4.69) is 31.0 Å². The smallest absolute Gasteiger partial charge is 0.0615 e. The zero-order chi connectivity index (χ0) is 11.7. The lowest BCUT2D eigenvalue weighted by Crippen LogP contribution is -1.95. The summed E-state index contributed by atoms with van der Waals surface area (Å²) in [4.78, 5) is 0. The molecule has 1 saturated carbocycles. The molecule has 0 bridgehead atoms. The maximum Gasteiger partial charge on any atom is 0.0615 e. The quantitative estimate of drug-likeness (QED) is 0.615. The number of hydrogen-bond donors (Lipinski definition) is 0. The third-order valence-corrected chi connectivity index (χ3v) is 4.45. The lowest BCUT2D eigenvalue weighted by Gasteiger charge is -2.10. The van der Waals surface area contributed by atoms with Crippen molar-refractivity contribution in [3.63, 3.8) is 0 Å². The van der Waals surface area contributed by atoms with E-state index in [1.807, 2.05) is 0 Å². The summed E-state index contributed by atoms with van der Waals surface area (Å²) in [6.07, 6.45) is 5.09. The fourth-order valence-corrected chi connectivity index (χ4v) is 3.58. The van der Waals surface area contributed by atoms with Gasteiger partial charge >= 0.3 is 0 Å². The van der Waals surface area contributed by atoms with Gasteiger partial charge in [0.05, 0.1) is 5.70 Å². The Labute approximate surface area is 99.2 Å². The van der Waals surface area contributed by atoms with E-state index in [1.165, 1.54) is 30.5 Å². The Hall–Kier alpha value is -0.660. The summed E-state index contributed by atoms with van der Waals surface area (Å²) in [6.45, 7) is 6.99. The van der Waals surface area contributed by atoms with Crippen LogP contribution in [0.15, 0.2) is 21.5 Å². The van der Waals surface area contributed by atoms with E-state index >= 15 is 0 Å². The highest BCUT2D eigenvalue weighted by Gasteiger charge is 2.50. The van der Waals surface area contributed by atoms with Gasteiger partial charge in [-0.3, -0.25) is 0 Å². The molecule has 0 saturated heterocycles. The van der Waals surface area contributed by atoms with Crippen molar-refractivity contribution in [2.75, 3.05) is 7.05 Å². The lowest BCUT2D eigenvalue weighted by atomic mass is 9.99. The second-order valence-corrected chi connectivity index (χ2v) is 5.75. The first kappa shape index (κ1) is 11.8. The molecule has 0 amide bonds. The molecule has 1 fully saturated rings. The minimum absolute atomic E-state index is 0.865. The zero-order valence-electron chi connectivity index (χ0n) is 11.0. The zero-order valence-corrected chi connectivity index (χ0v) is 11.0. The van der Waals surface area contributed by atoms with Gasteiger partial charge in [-0.05, 0) is 61.9 Å². The molecular weight excluding hydrogens is 196 g/mol. The SMILES string of the molecule is C/N=N\C1=C(/C)CCC2C(CC1)C2C(C)C. The molecule has 16 heavy (non-hydrogen) atoms. The molecule has 90 valence electrons. The molecule has 2 nitrogen and oxygen atoms in total. The van der Waals surface area contributed by atoms with Crippen molar-refractivity contribution in [3.8, 4) is 0 Å². The molecule has 2 aliphatic carbocycles. The minimum atomic E-state index is 0.865. The van der Waals surface area contributed by atoms with E-state index in [0.717, 1.165) is 30.1 Å². The average molecular weight is 220 g/mol. The van der Waals surface area contributed by atoms with Crippen LogP contribution in [0.25, 0.3) is 0 Å². The maximum atomic E-state index is 4.29. The summed E-state index contributed by atoms with van der Waals surface area (Å²) in [5.41, 5.74) is 2.73. The number of hydrogen-bond acceptors (Lipinski definition) is 2. The van der Waals surface area contributed by atoms with Crippen LogP contribution in [0.2, 0.25) is 0 Å². The molecular formula is C14H24N2. The van der Waals surface area contributed by atoms with Gasteiger partial charge in [0.2, 0.25) is 0 Å². The van der Waals surface area contributed by atoms with Gasteiger partial charge in [0.1, 0.15) is 0 Å². The molecule has 0 aliphatic heterocycles. The van der Waals surface area contributed by atoms with E-state index in [9.17, 15) is 0 Å². The summed E-state index contributed by atoms with van der Waals surface area (Å²) >= 11 is 0. The fraction of sp³-hybridized carbons (Fsp3) is 0.857. The van der Waals surface area contributed by atoms with Crippen LogP contribution >= 0.6 is 0 Å². The van der Waals surface area contributed by atoms with Crippen LogP contribution < -0.4 is 0 Å². The summed E-state index contributed by atoms with van der Waals surface area (Å²) in [6, 6.07) is 0. The van der Waals surface area contributed by atoms with Crippen LogP contribution in [0.3, 0.4) is 0 Å². The summed E-state index contributed by atoms with van der Waals surface area (Å²) in [5, 5.41) is 8.24. The Kier molecular flexibility index (Phi) is 3.46. The highest BCUT2D eigenvalue weighted by molar-refractivity contribution is 5.14. The second-order valence-electron chi connectivity index (χ2n) is 5.75. The van der Waals surface area contributed by atoms with Crippen LogP contribution in [0.5, 0.6) is 0 Å². The minimum Gasteiger partial charge on any atom is -0.192 e. The Morgan fingerprint density at radius 1 is 1.12 bits per heavy atom. The molecule has 3 atom stereocenters. The monoisotopic (exact) mass is 220 g/mol. The van der Waals surface area contributed by atoms with Crippen LogP contribution in [0.4, 0.5) is 0 Å². The summed E-state index contributed by atoms with van der Waals surface area (Å²) in [7, 11) is 1.77. The number of fused-ring (bicyclic) bond motifs is 1. The van der Waals surface area contributed by atoms with Crippen molar-refractivity contribution in [1.29, 1.82) is 0 Å². The normalized spacial score (nSPS) is 39.7. The van der Waals surface area contributed by atoms with Crippen molar-refractivity contribution >= 4 is 0 Å². The Bertz CT molecular complexity index is 315. The number of nitrogens with zero attached hydrogens (tertiary/aromatic N) is 2. The van der Waals surface area contributed by atoms with Crippen molar-refractivity contribution in [1.82, 2.24) is 0 Å². The number of allylic oxidation sites excluding steroid dienone is 2. The summed E-state index contributed by atoms with van der Waals surface area (Å²) < 4.78 is 0. The van der Waals surface area contributed by atoms with E-state index in [1.54, 1.807) is 7.05 Å². The molecule has 0 heterocycles. The molecule has 3 unspecified atom stereocenters. The Morgan fingerprint density at radius 2 is 1.75 bits per heavy atom. The van der Waals surface area contributed by atoms with Crippen molar-refractivity contribution in [3.05, 3.63) is 11.3 Å². The Balaban J connectivity index is 2.03. The van der Waals surface area contributed by atoms with E-state index < -0.39 is 0 Å². The molecule has 0 radical (unpaired) electrons. The molecule has 0 N–H and O–H groups in total. The van der Waals surface area contributed by atoms with Gasteiger partial charge in [-0.25, -0.2) is 0 Å². The lowest BCUT2D eigenvalue weighted by molar-refractivity contribution is 0.490. The number of rotatable bonds is 2. The van der Waals surface area contributed by atoms with Gasteiger partial charge in [0, 0.05) is 7.05 Å². The van der Waals surface area contributed by atoms with Crippen molar-refractivity contribution in [2.24, 2.45) is 33.9 Å². The first-order valence-electron chi connectivity index (χ1n) is 6.63. The topological polar surface area (TPSA) is 24.7 Å². The standard InChI is InChI=1S/C14H24N2/c1-9(2)14-11-6-5-10(3)13(16-15-4)8-7-12(11)14/h9,11-12,14H,5-8H2,1-4H3/b13-10+,16-15-. The molecule has 0 aromatic rings. The molecule has 0 aromatic carbocycles. The first-order valence-corrected chi connectivity index (χ1v) is 6.63. The molecule has 2 heteroatoms. The molecule has 0 spiro atoms. The number of azo groups is 1. The largest absolute Gasteiger partial charge is 0.192 e. The van der Waals surface area contributed by atoms with E-state index in [4.69, 9.17) is 0 Å². The molecule has 2 aliphatic rings. The highest BCUT2D eigenvalue weighted by atomic mass is 15.1. The second kappa shape index (κ2) is 4.68. The highest BCUT2D eigenvalue weighted by Crippen LogP contribution is 2.57. The maximum absolute atomic E-state index is 4.29. The van der Waals surface area contributed by atoms with Gasteiger partial charge in [0.15, 0.2) is 0 Å². The first-order chi connectivity index (χ1) is 7.65. The van der Waals surface area contributed by atoms with Crippen LogP contribution in [0, 0.1) is 23.7 Å². The van der Waals surface area contributed by atoms with Gasteiger partial charge in [0.25, 0.3) is 0 Å². The predicted octanol–water partition coefficient (Wildman–Crippen LogP) is 4.43. The van der Waals surface area contributed by atoms with Gasteiger partial charge in [-0.2, -0.15) is 10.2 Å². The van der Waals surface area contributed by atoms with Crippen LogP contribution in [-0.4, -0.2) is 7.05 Å². The van der Waals surface area contributed by atoms with Crippen LogP contribution in [0.1, 0.15) is 46.5 Å². The van der Waals surface area contributed by atoms with Gasteiger partial charge in [-0.15, -0.1) is 0 Å². The van der Waals surface area contributed by atoms with Gasteiger partial charge in [-0.1, -0.05) is 13.8 Å². The van der Waals surface area contributed by atoms with E-state index in [0.29, 0.717) is 0 Å². The average Bonchev–Trinajstić information content (AvgIpc) is 2.91. The van der Waals surface area contributed by atoms with Crippen molar-refractivity contribution in [2.45, 2.75) is 46.5 Å². The Morgan fingerprint density at radius 3 is 2.31 bits per heavy atom. The third-order valence-electron chi connectivity index (χ3n) is 4.45. The fourth-order valence-electron chi connectivity index (χ4n) is 3.58. The van der Waals surface area contributed by atoms with Gasteiger partial charge < -0.3 is 0 Å². The summed E-state index contributed by atoms with van der Waals surface area (Å²) in [5.74, 6) is 3.85. The molecule has 2 rings (SSSR count). The van der Waals surface area contributed by atoms with Crippen molar-refractivity contribution < 1.29 is 0 Å². The predicted molar refractivity (Wildman–Crippen MR) is 67.3 cm³/mol. The third kappa shape index (κ3) is 2.21. The van der Waals surface area contributed by atoms with Crippen LogP contribution in [-0.2, 0) is 0 Å².